The summed E-state index contributed by atoms with van der Waals surface area (Å²) in [6.07, 6.45) is 4.43. The van der Waals surface area contributed by atoms with Gasteiger partial charge >= 0.3 is 0 Å². The Bertz CT molecular complexity index is 787. The SMILES string of the molecule is OCc1cnn(-c2ncc(OCc3c(Cl)cccc3Cl)cn2)n1. The van der Waals surface area contributed by atoms with Crippen LogP contribution < -0.4 is 4.74 Å². The molecule has 1 aromatic carbocycles. The zero-order chi connectivity index (χ0) is 16.2. The summed E-state index contributed by atoms with van der Waals surface area (Å²) in [5.41, 5.74) is 1.13. The van der Waals surface area contributed by atoms with E-state index in [2.05, 4.69) is 20.2 Å². The number of hydrogen-bond donors (Lipinski definition) is 1. The highest BCUT2D eigenvalue weighted by Gasteiger charge is 2.08. The van der Waals surface area contributed by atoms with Crippen LogP contribution >= 0.6 is 23.2 Å². The van der Waals surface area contributed by atoms with E-state index in [0.717, 1.165) is 0 Å². The number of rotatable bonds is 5. The number of aromatic nitrogens is 5. The molecule has 0 saturated heterocycles. The fourth-order valence-electron chi connectivity index (χ4n) is 1.78. The molecule has 23 heavy (non-hydrogen) atoms. The molecule has 118 valence electrons. The maximum atomic E-state index is 8.97. The third kappa shape index (κ3) is 3.58. The van der Waals surface area contributed by atoms with Crippen molar-refractivity contribution in [2.75, 3.05) is 0 Å². The Morgan fingerprint density at radius 1 is 1.09 bits per heavy atom. The van der Waals surface area contributed by atoms with Crippen LogP contribution in [0.5, 0.6) is 5.75 Å². The van der Waals surface area contributed by atoms with Crippen LogP contribution in [0.4, 0.5) is 0 Å². The predicted molar refractivity (Wildman–Crippen MR) is 83.7 cm³/mol. The van der Waals surface area contributed by atoms with E-state index < -0.39 is 0 Å². The van der Waals surface area contributed by atoms with Gasteiger partial charge in [0.2, 0.25) is 0 Å². The molecule has 2 heterocycles. The van der Waals surface area contributed by atoms with Crippen LogP contribution in [0.25, 0.3) is 5.95 Å². The zero-order valence-corrected chi connectivity index (χ0v) is 13.2. The summed E-state index contributed by atoms with van der Waals surface area (Å²) in [5, 5.41) is 18.0. The highest BCUT2D eigenvalue weighted by molar-refractivity contribution is 6.35. The predicted octanol–water partition coefficient (Wildman–Crippen LogP) is 2.44. The van der Waals surface area contributed by atoms with Crippen molar-refractivity contribution in [3.05, 3.63) is 58.1 Å². The molecule has 7 nitrogen and oxygen atoms in total. The minimum atomic E-state index is -0.195. The first kappa shape index (κ1) is 15.7. The number of halogens is 2. The van der Waals surface area contributed by atoms with Gasteiger partial charge in [0, 0.05) is 15.6 Å². The van der Waals surface area contributed by atoms with E-state index in [1.54, 1.807) is 18.2 Å². The molecule has 3 rings (SSSR count). The van der Waals surface area contributed by atoms with Crippen molar-refractivity contribution >= 4 is 23.2 Å². The number of benzene rings is 1. The molecule has 3 aromatic rings. The van der Waals surface area contributed by atoms with E-state index in [0.29, 0.717) is 27.1 Å². The van der Waals surface area contributed by atoms with Crippen LogP contribution in [-0.2, 0) is 13.2 Å². The van der Waals surface area contributed by atoms with E-state index in [1.807, 2.05) is 0 Å². The largest absolute Gasteiger partial charge is 0.486 e. The van der Waals surface area contributed by atoms with Crippen molar-refractivity contribution in [1.29, 1.82) is 0 Å². The minimum Gasteiger partial charge on any atom is -0.486 e. The number of aliphatic hydroxyl groups excluding tert-OH is 1. The standard InChI is InChI=1S/C14H11Cl2N5O2/c15-12-2-1-3-13(16)11(12)8-23-10-5-17-14(18-6-10)21-19-4-9(7-22)20-21/h1-6,22H,7-8H2. The summed E-state index contributed by atoms with van der Waals surface area (Å²) in [5.74, 6) is 0.729. The average Bonchev–Trinajstić information content (AvgIpc) is 3.04. The zero-order valence-electron chi connectivity index (χ0n) is 11.7. The Balaban J connectivity index is 1.70. The van der Waals surface area contributed by atoms with Gasteiger partial charge in [-0.2, -0.15) is 5.10 Å². The molecule has 0 bridgehead atoms. The first-order chi connectivity index (χ1) is 11.2. The molecule has 0 unspecified atom stereocenters. The molecule has 0 aliphatic carbocycles. The molecular formula is C14H11Cl2N5O2. The number of aliphatic hydroxyl groups is 1. The lowest BCUT2D eigenvalue weighted by Crippen LogP contribution is -2.05. The summed E-state index contributed by atoms with van der Waals surface area (Å²) in [6, 6.07) is 5.26. The van der Waals surface area contributed by atoms with Crippen LogP contribution in [0, 0.1) is 0 Å². The van der Waals surface area contributed by atoms with E-state index in [4.69, 9.17) is 33.0 Å². The van der Waals surface area contributed by atoms with Crippen molar-refractivity contribution in [3.63, 3.8) is 0 Å². The lowest BCUT2D eigenvalue weighted by Gasteiger charge is -2.09. The minimum absolute atomic E-state index is 0.195. The fourth-order valence-corrected chi connectivity index (χ4v) is 2.28. The quantitative estimate of drug-likeness (QED) is 0.759. The first-order valence-electron chi connectivity index (χ1n) is 6.57. The second kappa shape index (κ2) is 6.91. The summed E-state index contributed by atoms with van der Waals surface area (Å²) in [4.78, 5) is 9.44. The lowest BCUT2D eigenvalue weighted by atomic mass is 10.2. The number of nitrogens with zero attached hydrogens (tertiary/aromatic N) is 5. The molecule has 0 amide bonds. The second-order valence-corrected chi connectivity index (χ2v) is 5.31. The summed E-state index contributed by atoms with van der Waals surface area (Å²) in [7, 11) is 0. The van der Waals surface area contributed by atoms with Crippen LogP contribution in [-0.4, -0.2) is 30.1 Å². The Hall–Kier alpha value is -2.22. The molecule has 0 fully saturated rings. The molecule has 0 aliphatic rings. The Morgan fingerprint density at radius 2 is 1.78 bits per heavy atom. The number of ether oxygens (including phenoxy) is 1. The Labute approximate surface area is 141 Å². The summed E-state index contributed by atoms with van der Waals surface area (Å²) < 4.78 is 5.59. The van der Waals surface area contributed by atoms with E-state index in [-0.39, 0.29) is 19.2 Å². The van der Waals surface area contributed by atoms with Gasteiger partial charge in [0.15, 0.2) is 5.75 Å². The van der Waals surface area contributed by atoms with Crippen molar-refractivity contribution in [2.24, 2.45) is 0 Å². The molecule has 9 heteroatoms. The van der Waals surface area contributed by atoms with Gasteiger partial charge in [-0.1, -0.05) is 29.3 Å². The Kier molecular flexibility index (Phi) is 4.71. The third-order valence-electron chi connectivity index (χ3n) is 2.94. The van der Waals surface area contributed by atoms with Gasteiger partial charge in [-0.05, 0) is 12.1 Å². The second-order valence-electron chi connectivity index (χ2n) is 4.49. The fraction of sp³-hybridized carbons (Fsp3) is 0.143. The van der Waals surface area contributed by atoms with Gasteiger partial charge in [-0.15, -0.1) is 9.90 Å². The van der Waals surface area contributed by atoms with Gasteiger partial charge in [0.05, 0.1) is 25.2 Å². The highest BCUT2D eigenvalue weighted by atomic mass is 35.5. The summed E-state index contributed by atoms with van der Waals surface area (Å²) >= 11 is 12.2. The van der Waals surface area contributed by atoms with Crippen LogP contribution in [0.1, 0.15) is 11.3 Å². The van der Waals surface area contributed by atoms with Crippen LogP contribution in [0.3, 0.4) is 0 Å². The van der Waals surface area contributed by atoms with Gasteiger partial charge in [0.25, 0.3) is 5.95 Å². The van der Waals surface area contributed by atoms with Crippen LogP contribution in [0.15, 0.2) is 36.8 Å². The van der Waals surface area contributed by atoms with Gasteiger partial charge in [0.1, 0.15) is 12.3 Å². The molecule has 1 N–H and O–H groups in total. The van der Waals surface area contributed by atoms with Crippen molar-refractivity contribution in [1.82, 2.24) is 25.0 Å². The van der Waals surface area contributed by atoms with Gasteiger partial charge < -0.3 is 9.84 Å². The third-order valence-corrected chi connectivity index (χ3v) is 3.65. The van der Waals surface area contributed by atoms with E-state index >= 15 is 0 Å². The smallest absolute Gasteiger partial charge is 0.268 e. The molecule has 0 aliphatic heterocycles. The van der Waals surface area contributed by atoms with E-state index in [9.17, 15) is 0 Å². The van der Waals surface area contributed by atoms with Crippen molar-refractivity contribution in [3.8, 4) is 11.7 Å². The van der Waals surface area contributed by atoms with Gasteiger partial charge in [-0.25, -0.2) is 9.97 Å². The first-order valence-corrected chi connectivity index (χ1v) is 7.33. The summed E-state index contributed by atoms with van der Waals surface area (Å²) in [6.45, 7) is 0.00961. The van der Waals surface area contributed by atoms with Gasteiger partial charge in [-0.3, -0.25) is 0 Å². The molecule has 0 radical (unpaired) electrons. The number of hydrogen-bond acceptors (Lipinski definition) is 6. The lowest BCUT2D eigenvalue weighted by molar-refractivity contribution is 0.276. The normalized spacial score (nSPS) is 10.7. The highest BCUT2D eigenvalue weighted by Crippen LogP contribution is 2.25. The maximum absolute atomic E-state index is 8.97. The van der Waals surface area contributed by atoms with Crippen molar-refractivity contribution in [2.45, 2.75) is 13.2 Å². The monoisotopic (exact) mass is 351 g/mol. The molecule has 2 aromatic heterocycles. The molecule has 0 atom stereocenters. The topological polar surface area (TPSA) is 86.0 Å². The molecular weight excluding hydrogens is 341 g/mol. The molecule has 0 spiro atoms. The maximum Gasteiger partial charge on any atom is 0.268 e. The van der Waals surface area contributed by atoms with Crippen LogP contribution in [0.2, 0.25) is 10.0 Å². The average molecular weight is 352 g/mol. The Morgan fingerprint density at radius 3 is 2.39 bits per heavy atom. The molecule has 0 saturated carbocycles. The van der Waals surface area contributed by atoms with Crippen molar-refractivity contribution < 1.29 is 9.84 Å². The van der Waals surface area contributed by atoms with E-state index in [1.165, 1.54) is 23.4 Å².